The van der Waals surface area contributed by atoms with Gasteiger partial charge in [0.25, 0.3) is 0 Å². The van der Waals surface area contributed by atoms with Crippen molar-refractivity contribution in [2.24, 2.45) is 0 Å². The van der Waals surface area contributed by atoms with E-state index < -0.39 is 0 Å². The Hall–Kier alpha value is -0.840. The number of hydrogen-bond donors (Lipinski definition) is 1. The fourth-order valence-corrected chi connectivity index (χ4v) is 3.31. The number of rotatable bonds is 6. The maximum Gasteiger partial charge on any atom is 0.120 e. The first kappa shape index (κ1) is 16.5. The van der Waals surface area contributed by atoms with Crippen LogP contribution in [0.25, 0.3) is 0 Å². The molecule has 1 unspecified atom stereocenters. The normalized spacial score (nSPS) is 12.2. The molecule has 0 bridgehead atoms. The zero-order valence-corrected chi connectivity index (χ0v) is 15.4. The number of ether oxygens (including phenoxy) is 1. The van der Waals surface area contributed by atoms with E-state index in [-0.39, 0.29) is 0 Å². The minimum absolute atomic E-state index is 0.323. The van der Waals surface area contributed by atoms with Gasteiger partial charge in [-0.1, -0.05) is 57.0 Å². The molecule has 1 N–H and O–H groups in total. The lowest BCUT2D eigenvalue weighted by Crippen LogP contribution is -2.18. The van der Waals surface area contributed by atoms with Gasteiger partial charge in [0.05, 0.1) is 0 Å². The highest BCUT2D eigenvalue weighted by atomic mass is 79.9. The van der Waals surface area contributed by atoms with Crippen molar-refractivity contribution in [3.63, 3.8) is 0 Å². The molecular weight excluding hydrogens is 394 g/mol. The van der Waals surface area contributed by atoms with Gasteiger partial charge in [0.1, 0.15) is 12.4 Å². The molecule has 0 fully saturated rings. The Balaban J connectivity index is 2.03. The SMILES string of the molecule is CCNC(C)c1ccc(OCc2cccc(Br)c2)cc1Br. The highest BCUT2D eigenvalue weighted by Crippen LogP contribution is 2.28. The molecule has 21 heavy (non-hydrogen) atoms. The van der Waals surface area contributed by atoms with Gasteiger partial charge in [-0.3, -0.25) is 0 Å². The Morgan fingerprint density at radius 1 is 1.14 bits per heavy atom. The van der Waals surface area contributed by atoms with E-state index in [4.69, 9.17) is 4.74 Å². The zero-order chi connectivity index (χ0) is 15.2. The van der Waals surface area contributed by atoms with Gasteiger partial charge in [-0.05, 0) is 48.9 Å². The van der Waals surface area contributed by atoms with Gasteiger partial charge in [-0.2, -0.15) is 0 Å². The monoisotopic (exact) mass is 411 g/mol. The average Bonchev–Trinajstić information content (AvgIpc) is 2.45. The molecule has 0 aliphatic heterocycles. The molecule has 0 aliphatic carbocycles. The molecule has 0 aliphatic rings. The van der Waals surface area contributed by atoms with Gasteiger partial charge in [0.15, 0.2) is 0 Å². The van der Waals surface area contributed by atoms with E-state index >= 15 is 0 Å². The second-order valence-corrected chi connectivity index (χ2v) is 6.65. The summed E-state index contributed by atoms with van der Waals surface area (Å²) in [5.41, 5.74) is 2.39. The van der Waals surface area contributed by atoms with Crippen LogP contribution in [0.4, 0.5) is 0 Å². The maximum absolute atomic E-state index is 5.85. The Bertz CT molecular complexity index is 601. The molecule has 2 aromatic carbocycles. The van der Waals surface area contributed by atoms with Crippen LogP contribution in [0, 0.1) is 0 Å². The Labute approximate surface area is 143 Å². The maximum atomic E-state index is 5.85. The van der Waals surface area contributed by atoms with E-state index in [1.165, 1.54) is 5.56 Å². The van der Waals surface area contributed by atoms with E-state index in [1.807, 2.05) is 24.3 Å². The van der Waals surface area contributed by atoms with Crippen molar-refractivity contribution < 1.29 is 4.74 Å². The third kappa shape index (κ3) is 4.83. The topological polar surface area (TPSA) is 21.3 Å². The summed E-state index contributed by atoms with van der Waals surface area (Å²) < 4.78 is 7.99. The van der Waals surface area contributed by atoms with Gasteiger partial charge in [-0.15, -0.1) is 0 Å². The summed E-state index contributed by atoms with van der Waals surface area (Å²) in [5, 5.41) is 3.41. The molecule has 112 valence electrons. The lowest BCUT2D eigenvalue weighted by atomic mass is 10.1. The molecule has 4 heteroatoms. The zero-order valence-electron chi connectivity index (χ0n) is 12.2. The van der Waals surface area contributed by atoms with Crippen LogP contribution in [-0.2, 0) is 6.61 Å². The third-order valence-electron chi connectivity index (χ3n) is 3.24. The minimum atomic E-state index is 0.323. The first-order valence-electron chi connectivity index (χ1n) is 7.00. The molecule has 2 nitrogen and oxygen atoms in total. The van der Waals surface area contributed by atoms with Crippen molar-refractivity contribution in [3.05, 3.63) is 62.5 Å². The van der Waals surface area contributed by atoms with E-state index in [1.54, 1.807) is 0 Å². The Morgan fingerprint density at radius 3 is 2.62 bits per heavy atom. The van der Waals surface area contributed by atoms with Crippen molar-refractivity contribution >= 4 is 31.9 Å². The molecule has 1 atom stereocenters. The van der Waals surface area contributed by atoms with Gasteiger partial charge in [0.2, 0.25) is 0 Å². The van der Waals surface area contributed by atoms with Crippen LogP contribution in [0.3, 0.4) is 0 Å². The Morgan fingerprint density at radius 2 is 1.95 bits per heavy atom. The highest BCUT2D eigenvalue weighted by molar-refractivity contribution is 9.10. The first-order chi connectivity index (χ1) is 10.1. The van der Waals surface area contributed by atoms with Crippen LogP contribution >= 0.6 is 31.9 Å². The van der Waals surface area contributed by atoms with Crippen molar-refractivity contribution in [1.29, 1.82) is 0 Å². The molecule has 0 spiro atoms. The molecule has 0 heterocycles. The van der Waals surface area contributed by atoms with E-state index in [0.29, 0.717) is 12.6 Å². The number of hydrogen-bond acceptors (Lipinski definition) is 2. The van der Waals surface area contributed by atoms with Crippen molar-refractivity contribution in [1.82, 2.24) is 5.32 Å². The van der Waals surface area contributed by atoms with Gasteiger partial charge in [0, 0.05) is 15.0 Å². The molecule has 2 rings (SSSR count). The summed E-state index contributed by atoms with van der Waals surface area (Å²) in [5.74, 6) is 0.870. The van der Waals surface area contributed by atoms with Crippen LogP contribution in [-0.4, -0.2) is 6.54 Å². The largest absolute Gasteiger partial charge is 0.489 e. The summed E-state index contributed by atoms with van der Waals surface area (Å²) in [7, 11) is 0. The highest BCUT2D eigenvalue weighted by Gasteiger charge is 2.09. The van der Waals surface area contributed by atoms with Crippen molar-refractivity contribution in [3.8, 4) is 5.75 Å². The lowest BCUT2D eigenvalue weighted by molar-refractivity contribution is 0.306. The lowest BCUT2D eigenvalue weighted by Gasteiger charge is -2.16. The van der Waals surface area contributed by atoms with Crippen molar-refractivity contribution in [2.45, 2.75) is 26.5 Å². The predicted octanol–water partition coefficient (Wildman–Crippen LogP) is 5.46. The molecule has 2 aromatic rings. The van der Waals surface area contributed by atoms with Gasteiger partial charge in [-0.25, -0.2) is 0 Å². The fraction of sp³-hybridized carbons (Fsp3) is 0.294. The van der Waals surface area contributed by atoms with Crippen LogP contribution in [0.15, 0.2) is 51.4 Å². The summed E-state index contributed by atoms with van der Waals surface area (Å²) in [4.78, 5) is 0. The van der Waals surface area contributed by atoms with E-state index in [2.05, 4.69) is 69.2 Å². The second kappa shape index (κ2) is 7.97. The summed E-state index contributed by atoms with van der Waals surface area (Å²) in [6.45, 7) is 5.79. The van der Waals surface area contributed by atoms with Gasteiger partial charge < -0.3 is 10.1 Å². The number of benzene rings is 2. The van der Waals surface area contributed by atoms with Crippen LogP contribution in [0.5, 0.6) is 5.75 Å². The Kier molecular flexibility index (Phi) is 6.27. The summed E-state index contributed by atoms with van der Waals surface area (Å²) >= 11 is 7.10. The number of halogens is 2. The molecular formula is C17H19Br2NO. The smallest absolute Gasteiger partial charge is 0.120 e. The van der Waals surface area contributed by atoms with Crippen LogP contribution in [0.2, 0.25) is 0 Å². The van der Waals surface area contributed by atoms with Crippen LogP contribution < -0.4 is 10.1 Å². The van der Waals surface area contributed by atoms with E-state index in [9.17, 15) is 0 Å². The standard InChI is InChI=1S/C17H19Br2NO/c1-3-20-12(2)16-8-7-15(10-17(16)19)21-11-13-5-4-6-14(18)9-13/h4-10,12,20H,3,11H2,1-2H3. The van der Waals surface area contributed by atoms with E-state index in [0.717, 1.165) is 26.8 Å². The minimum Gasteiger partial charge on any atom is -0.489 e. The predicted molar refractivity (Wildman–Crippen MR) is 94.7 cm³/mol. The second-order valence-electron chi connectivity index (χ2n) is 4.88. The fourth-order valence-electron chi connectivity index (χ4n) is 2.16. The van der Waals surface area contributed by atoms with Crippen molar-refractivity contribution in [2.75, 3.05) is 6.54 Å². The first-order valence-corrected chi connectivity index (χ1v) is 8.59. The average molecular weight is 413 g/mol. The summed E-state index contributed by atoms with van der Waals surface area (Å²) in [6.07, 6.45) is 0. The molecule has 0 amide bonds. The molecule has 0 radical (unpaired) electrons. The molecule has 0 aromatic heterocycles. The van der Waals surface area contributed by atoms with Gasteiger partial charge >= 0.3 is 0 Å². The third-order valence-corrected chi connectivity index (χ3v) is 4.42. The molecule has 0 saturated carbocycles. The summed E-state index contributed by atoms with van der Waals surface area (Å²) in [6, 6.07) is 14.6. The quantitative estimate of drug-likeness (QED) is 0.679. The number of nitrogens with one attached hydrogen (secondary N) is 1. The molecule has 0 saturated heterocycles. The van der Waals surface area contributed by atoms with Crippen LogP contribution in [0.1, 0.15) is 31.0 Å².